The van der Waals surface area contributed by atoms with E-state index in [1.54, 1.807) is 45.0 Å². The molecule has 0 saturated heterocycles. The van der Waals surface area contributed by atoms with Gasteiger partial charge in [0.25, 0.3) is 5.91 Å². The molecule has 2 N–H and O–H groups in total. The number of alkyl halides is 2. The van der Waals surface area contributed by atoms with Crippen molar-refractivity contribution in [3.05, 3.63) is 58.7 Å². The van der Waals surface area contributed by atoms with E-state index >= 15 is 0 Å². The molecule has 2 aromatic carbocycles. The van der Waals surface area contributed by atoms with Crippen LogP contribution in [0.15, 0.2) is 36.4 Å². The average Bonchev–Trinajstić information content (AvgIpc) is 2.60. The maximum Gasteiger partial charge on any atom is 0.387 e. The van der Waals surface area contributed by atoms with Crippen molar-refractivity contribution in [3.63, 3.8) is 0 Å². The third-order valence-electron chi connectivity index (χ3n) is 4.02. The van der Waals surface area contributed by atoms with Crippen LogP contribution in [-0.4, -0.2) is 30.2 Å². The standard InChI is InChI=1S/C20H21F2NO5/c1-11-8-15(9-12(2)18(11)27-10-17(24)25)19(26)23-13(3)14-4-6-16(7-5-14)28-20(21)22/h4-9,13,20H,10H2,1-3H3,(H,23,26)(H,24,25). The van der Waals surface area contributed by atoms with Gasteiger partial charge in [-0.15, -0.1) is 0 Å². The van der Waals surface area contributed by atoms with E-state index in [0.29, 0.717) is 22.4 Å². The van der Waals surface area contributed by atoms with Crippen molar-refractivity contribution in [2.24, 2.45) is 0 Å². The lowest BCUT2D eigenvalue weighted by molar-refractivity contribution is -0.139. The molecule has 6 nitrogen and oxygen atoms in total. The normalized spacial score (nSPS) is 11.8. The quantitative estimate of drug-likeness (QED) is 0.711. The maximum atomic E-state index is 12.6. The van der Waals surface area contributed by atoms with Crippen LogP contribution in [0.2, 0.25) is 0 Å². The Hall–Kier alpha value is -3.16. The predicted octanol–water partition coefficient (Wildman–Crippen LogP) is 3.86. The van der Waals surface area contributed by atoms with Crippen LogP contribution in [0.4, 0.5) is 8.78 Å². The zero-order valence-corrected chi connectivity index (χ0v) is 15.7. The lowest BCUT2D eigenvalue weighted by atomic mass is 10.0. The molecular weight excluding hydrogens is 372 g/mol. The molecule has 0 bridgehead atoms. The number of benzene rings is 2. The van der Waals surface area contributed by atoms with Crippen LogP contribution in [-0.2, 0) is 4.79 Å². The highest BCUT2D eigenvalue weighted by molar-refractivity contribution is 5.95. The van der Waals surface area contributed by atoms with Crippen LogP contribution in [0.3, 0.4) is 0 Å². The molecule has 0 radical (unpaired) electrons. The molecule has 0 aliphatic carbocycles. The van der Waals surface area contributed by atoms with Crippen molar-refractivity contribution in [1.82, 2.24) is 5.32 Å². The van der Waals surface area contributed by atoms with Crippen molar-refractivity contribution >= 4 is 11.9 Å². The molecule has 2 rings (SSSR count). The van der Waals surface area contributed by atoms with Gasteiger partial charge in [-0.05, 0) is 61.7 Å². The van der Waals surface area contributed by atoms with Crippen LogP contribution >= 0.6 is 0 Å². The second-order valence-corrected chi connectivity index (χ2v) is 6.26. The molecule has 0 aliphatic rings. The number of carbonyl (C=O) groups excluding carboxylic acids is 1. The van der Waals surface area contributed by atoms with E-state index in [0.717, 1.165) is 5.56 Å². The fourth-order valence-electron chi connectivity index (χ4n) is 2.74. The molecule has 0 heterocycles. The molecule has 28 heavy (non-hydrogen) atoms. The first kappa shape index (κ1) is 21.1. The molecule has 0 spiro atoms. The monoisotopic (exact) mass is 393 g/mol. The fraction of sp³-hybridized carbons (Fsp3) is 0.300. The Morgan fingerprint density at radius 1 is 1.11 bits per heavy atom. The Kier molecular flexibility index (Phi) is 6.92. The highest BCUT2D eigenvalue weighted by atomic mass is 19.3. The topological polar surface area (TPSA) is 84.9 Å². The first-order valence-electron chi connectivity index (χ1n) is 8.49. The molecule has 0 saturated carbocycles. The molecular formula is C20H21F2NO5. The van der Waals surface area contributed by atoms with E-state index in [-0.39, 0.29) is 17.7 Å². The zero-order chi connectivity index (χ0) is 20.8. The Morgan fingerprint density at radius 2 is 1.68 bits per heavy atom. The minimum Gasteiger partial charge on any atom is -0.481 e. The van der Waals surface area contributed by atoms with E-state index in [1.807, 2.05) is 0 Å². The first-order chi connectivity index (χ1) is 13.2. The Balaban J connectivity index is 2.08. The molecule has 0 fully saturated rings. The summed E-state index contributed by atoms with van der Waals surface area (Å²) in [7, 11) is 0. The summed E-state index contributed by atoms with van der Waals surface area (Å²) >= 11 is 0. The fourth-order valence-corrected chi connectivity index (χ4v) is 2.74. The predicted molar refractivity (Wildman–Crippen MR) is 98.0 cm³/mol. The van der Waals surface area contributed by atoms with E-state index in [2.05, 4.69) is 10.1 Å². The van der Waals surface area contributed by atoms with Gasteiger partial charge in [0.15, 0.2) is 6.61 Å². The summed E-state index contributed by atoms with van der Waals surface area (Å²) in [6.45, 7) is 1.87. The maximum absolute atomic E-state index is 12.6. The van der Waals surface area contributed by atoms with Gasteiger partial charge in [0.05, 0.1) is 6.04 Å². The minimum atomic E-state index is -2.89. The van der Waals surface area contributed by atoms with Crippen molar-refractivity contribution < 1.29 is 33.0 Å². The van der Waals surface area contributed by atoms with Gasteiger partial charge in [-0.3, -0.25) is 4.79 Å². The van der Waals surface area contributed by atoms with Gasteiger partial charge < -0.3 is 19.9 Å². The molecule has 1 atom stereocenters. The summed E-state index contributed by atoms with van der Waals surface area (Å²) in [4.78, 5) is 23.2. The van der Waals surface area contributed by atoms with Crippen LogP contribution in [0.5, 0.6) is 11.5 Å². The molecule has 150 valence electrons. The van der Waals surface area contributed by atoms with E-state index in [1.165, 1.54) is 12.1 Å². The molecule has 8 heteroatoms. The second-order valence-electron chi connectivity index (χ2n) is 6.26. The van der Waals surface area contributed by atoms with Crippen molar-refractivity contribution in [3.8, 4) is 11.5 Å². The smallest absolute Gasteiger partial charge is 0.387 e. The number of halogens is 2. The van der Waals surface area contributed by atoms with Crippen molar-refractivity contribution in [2.45, 2.75) is 33.4 Å². The molecule has 1 unspecified atom stereocenters. The van der Waals surface area contributed by atoms with Gasteiger partial charge in [-0.1, -0.05) is 12.1 Å². The number of rotatable bonds is 8. The number of ether oxygens (including phenoxy) is 2. The van der Waals surface area contributed by atoms with Gasteiger partial charge >= 0.3 is 12.6 Å². The number of amides is 1. The van der Waals surface area contributed by atoms with Gasteiger partial charge in [0.1, 0.15) is 11.5 Å². The molecule has 0 aliphatic heterocycles. The number of hydrogen-bond donors (Lipinski definition) is 2. The number of nitrogens with one attached hydrogen (secondary N) is 1. The summed E-state index contributed by atoms with van der Waals surface area (Å²) in [6, 6.07) is 8.89. The summed E-state index contributed by atoms with van der Waals surface area (Å²) < 4.78 is 34.0. The summed E-state index contributed by atoms with van der Waals surface area (Å²) in [6.07, 6.45) is 0. The lowest BCUT2D eigenvalue weighted by Crippen LogP contribution is -2.26. The number of aryl methyl sites for hydroxylation is 2. The third kappa shape index (κ3) is 5.67. The summed E-state index contributed by atoms with van der Waals surface area (Å²) in [5, 5.41) is 11.6. The SMILES string of the molecule is Cc1cc(C(=O)NC(C)c2ccc(OC(F)F)cc2)cc(C)c1OCC(=O)O. The third-order valence-corrected chi connectivity index (χ3v) is 4.02. The summed E-state index contributed by atoms with van der Waals surface area (Å²) in [5.74, 6) is -0.933. The number of carbonyl (C=O) groups is 2. The molecule has 1 amide bonds. The van der Waals surface area contributed by atoms with Crippen LogP contribution < -0.4 is 14.8 Å². The molecule has 0 aromatic heterocycles. The number of aliphatic carboxylic acids is 1. The first-order valence-corrected chi connectivity index (χ1v) is 8.49. The van der Waals surface area contributed by atoms with Gasteiger partial charge in [-0.25, -0.2) is 4.79 Å². The lowest BCUT2D eigenvalue weighted by Gasteiger charge is -2.17. The van der Waals surface area contributed by atoms with Gasteiger partial charge in [0, 0.05) is 5.56 Å². The van der Waals surface area contributed by atoms with E-state index in [4.69, 9.17) is 9.84 Å². The Morgan fingerprint density at radius 3 is 2.18 bits per heavy atom. The number of carboxylic acids is 1. The van der Waals surface area contributed by atoms with E-state index in [9.17, 15) is 18.4 Å². The average molecular weight is 393 g/mol. The largest absolute Gasteiger partial charge is 0.481 e. The van der Waals surface area contributed by atoms with Gasteiger partial charge in [-0.2, -0.15) is 8.78 Å². The number of carboxylic acid groups (broad SMARTS) is 1. The second kappa shape index (κ2) is 9.16. The van der Waals surface area contributed by atoms with Crippen LogP contribution in [0.1, 0.15) is 40.0 Å². The Labute approximate surface area is 161 Å². The van der Waals surface area contributed by atoms with Gasteiger partial charge in [0.2, 0.25) is 0 Å². The zero-order valence-electron chi connectivity index (χ0n) is 15.7. The highest BCUT2D eigenvalue weighted by Gasteiger charge is 2.16. The van der Waals surface area contributed by atoms with Crippen LogP contribution in [0.25, 0.3) is 0 Å². The summed E-state index contributed by atoms with van der Waals surface area (Å²) in [5.41, 5.74) is 2.42. The van der Waals surface area contributed by atoms with Crippen LogP contribution in [0, 0.1) is 13.8 Å². The minimum absolute atomic E-state index is 0.0421. The van der Waals surface area contributed by atoms with Crippen molar-refractivity contribution in [1.29, 1.82) is 0 Å². The number of hydrogen-bond acceptors (Lipinski definition) is 4. The highest BCUT2D eigenvalue weighted by Crippen LogP contribution is 2.25. The molecule has 2 aromatic rings. The van der Waals surface area contributed by atoms with Crippen molar-refractivity contribution in [2.75, 3.05) is 6.61 Å². The van der Waals surface area contributed by atoms with E-state index < -0.39 is 19.2 Å². The Bertz CT molecular complexity index is 829.